The lowest BCUT2D eigenvalue weighted by Crippen LogP contribution is -2.37. The smallest absolute Gasteiger partial charge is 0.180 e. The molecule has 0 spiro atoms. The first-order valence-electron chi connectivity index (χ1n) is 5.96. The second-order valence-corrected chi connectivity index (χ2v) is 5.15. The number of nitrogens with one attached hydrogen (secondary N) is 2. The van der Waals surface area contributed by atoms with E-state index in [2.05, 4.69) is 21.3 Å². The lowest BCUT2D eigenvalue weighted by Gasteiger charge is -2.19. The van der Waals surface area contributed by atoms with E-state index in [1.807, 2.05) is 24.3 Å². The number of thioether (sulfide) groups is 1. The predicted octanol–water partition coefficient (Wildman–Crippen LogP) is 2.35. The van der Waals surface area contributed by atoms with Gasteiger partial charge in [0, 0.05) is 11.0 Å². The molecule has 1 aromatic rings. The van der Waals surface area contributed by atoms with Crippen LogP contribution in [-0.2, 0) is 0 Å². The van der Waals surface area contributed by atoms with E-state index in [1.165, 1.54) is 12.8 Å². The van der Waals surface area contributed by atoms with Gasteiger partial charge in [-0.25, -0.2) is 0 Å². The van der Waals surface area contributed by atoms with Gasteiger partial charge in [-0.05, 0) is 25.0 Å². The molecule has 2 N–H and O–H groups in total. The molecular formula is C13H15N3OS. The third-order valence-electron chi connectivity index (χ3n) is 2.82. The highest BCUT2D eigenvalue weighted by Gasteiger charge is 2.22. The van der Waals surface area contributed by atoms with Crippen LogP contribution >= 0.6 is 11.8 Å². The summed E-state index contributed by atoms with van der Waals surface area (Å²) in [6.45, 7) is 0. The molecule has 0 amide bonds. The maximum Gasteiger partial charge on any atom is 0.180 e. The van der Waals surface area contributed by atoms with Crippen molar-refractivity contribution in [1.82, 2.24) is 10.9 Å². The number of benzene rings is 1. The van der Waals surface area contributed by atoms with Gasteiger partial charge in [0.25, 0.3) is 0 Å². The molecule has 0 radical (unpaired) electrons. The summed E-state index contributed by atoms with van der Waals surface area (Å²) in [5.41, 5.74) is 8.44. The van der Waals surface area contributed by atoms with Crippen molar-refractivity contribution >= 4 is 22.6 Å². The number of methoxy groups -OCH3 is 1. The summed E-state index contributed by atoms with van der Waals surface area (Å²) in [5.74, 6) is 0.859. The number of hydrogen-bond donors (Lipinski definition) is 2. The lowest BCUT2D eigenvalue weighted by atomic mass is 10.2. The van der Waals surface area contributed by atoms with Gasteiger partial charge < -0.3 is 4.74 Å². The van der Waals surface area contributed by atoms with Gasteiger partial charge in [-0.15, -0.1) is 0 Å². The zero-order valence-corrected chi connectivity index (χ0v) is 11.0. The summed E-state index contributed by atoms with van der Waals surface area (Å²) in [7, 11) is 1.68. The van der Waals surface area contributed by atoms with Gasteiger partial charge in [-0.3, -0.25) is 15.8 Å². The van der Waals surface area contributed by atoms with Crippen LogP contribution in [0.4, 0.5) is 0 Å². The number of hydrogen-bond acceptors (Lipinski definition) is 4. The summed E-state index contributed by atoms with van der Waals surface area (Å²) in [6.07, 6.45) is 2.44. The van der Waals surface area contributed by atoms with Crippen molar-refractivity contribution in [2.24, 2.45) is 4.99 Å². The molecule has 0 unspecified atom stereocenters. The van der Waals surface area contributed by atoms with Crippen molar-refractivity contribution in [2.45, 2.75) is 18.9 Å². The minimum atomic E-state index is 0.536. The van der Waals surface area contributed by atoms with Crippen molar-refractivity contribution in [3.05, 3.63) is 35.2 Å². The van der Waals surface area contributed by atoms with Gasteiger partial charge in [-0.2, -0.15) is 0 Å². The fraction of sp³-hybridized carbons (Fsp3) is 0.308. The third kappa shape index (κ3) is 2.61. The molecule has 0 aromatic heterocycles. The molecule has 1 heterocycles. The lowest BCUT2D eigenvalue weighted by molar-refractivity contribution is 0.414. The standard InChI is InChI=1S/C13H15N3OS/c1-17-11-4-2-3-9(7-11)12-8-18-13(16-15-12)14-10-5-6-10/h2-4,7-8,10,15H,5-6H2,1H3,(H,14,16). The summed E-state index contributed by atoms with van der Waals surface area (Å²) in [6, 6.07) is 8.51. The molecule has 94 valence electrons. The average molecular weight is 261 g/mol. The van der Waals surface area contributed by atoms with Crippen LogP contribution < -0.4 is 15.6 Å². The second kappa shape index (κ2) is 4.94. The van der Waals surface area contributed by atoms with Crippen molar-refractivity contribution in [2.75, 3.05) is 7.11 Å². The molecule has 0 saturated heterocycles. The Bertz CT molecular complexity index is 509. The Balaban J connectivity index is 1.74. The Morgan fingerprint density at radius 3 is 2.89 bits per heavy atom. The van der Waals surface area contributed by atoms with Crippen molar-refractivity contribution < 1.29 is 4.74 Å². The molecule has 4 nitrogen and oxygen atoms in total. The Hall–Kier alpha value is -1.62. The Morgan fingerprint density at radius 2 is 2.22 bits per heavy atom. The number of nitrogens with zero attached hydrogens (tertiary/aromatic N) is 1. The van der Waals surface area contributed by atoms with Gasteiger partial charge in [-0.1, -0.05) is 23.9 Å². The molecule has 1 aliphatic carbocycles. The molecule has 1 aliphatic heterocycles. The molecule has 1 fully saturated rings. The first kappa shape index (κ1) is 11.5. The fourth-order valence-corrected chi connectivity index (χ4v) is 2.40. The van der Waals surface area contributed by atoms with Gasteiger partial charge in [0.1, 0.15) is 5.75 Å². The molecule has 0 atom stereocenters. The Labute approximate surface area is 110 Å². The highest BCUT2D eigenvalue weighted by atomic mass is 32.2. The van der Waals surface area contributed by atoms with Gasteiger partial charge in [0.15, 0.2) is 5.17 Å². The predicted molar refractivity (Wildman–Crippen MR) is 75.3 cm³/mol. The molecule has 0 bridgehead atoms. The van der Waals surface area contributed by atoms with Crippen LogP contribution in [0, 0.1) is 0 Å². The van der Waals surface area contributed by atoms with Gasteiger partial charge >= 0.3 is 0 Å². The monoisotopic (exact) mass is 261 g/mol. The maximum atomic E-state index is 5.22. The molecular weight excluding hydrogens is 246 g/mol. The number of hydrazine groups is 1. The highest BCUT2D eigenvalue weighted by molar-refractivity contribution is 8.16. The quantitative estimate of drug-likeness (QED) is 0.876. The molecule has 3 rings (SSSR count). The number of aliphatic imine (C=N–C) groups is 1. The molecule has 5 heteroatoms. The Kier molecular flexibility index (Phi) is 3.15. The zero-order valence-electron chi connectivity index (χ0n) is 10.1. The van der Waals surface area contributed by atoms with Gasteiger partial charge in [0.05, 0.1) is 18.8 Å². The largest absolute Gasteiger partial charge is 0.497 e. The van der Waals surface area contributed by atoms with E-state index in [9.17, 15) is 0 Å². The van der Waals surface area contributed by atoms with Crippen LogP contribution in [0.2, 0.25) is 0 Å². The third-order valence-corrected chi connectivity index (χ3v) is 3.60. The van der Waals surface area contributed by atoms with Gasteiger partial charge in [0.2, 0.25) is 0 Å². The van der Waals surface area contributed by atoms with Crippen LogP contribution in [0.15, 0.2) is 34.7 Å². The maximum absolute atomic E-state index is 5.22. The number of ether oxygens (including phenoxy) is 1. The summed E-state index contributed by atoms with van der Waals surface area (Å²) in [4.78, 5) is 4.55. The van der Waals surface area contributed by atoms with E-state index in [0.717, 1.165) is 22.2 Å². The van der Waals surface area contributed by atoms with Crippen LogP contribution in [0.3, 0.4) is 0 Å². The normalized spacial score (nSPS) is 20.9. The first-order valence-corrected chi connectivity index (χ1v) is 6.84. The minimum Gasteiger partial charge on any atom is -0.497 e. The highest BCUT2D eigenvalue weighted by Crippen LogP contribution is 2.27. The zero-order chi connectivity index (χ0) is 12.4. The number of rotatable bonds is 3. The van der Waals surface area contributed by atoms with E-state index < -0.39 is 0 Å². The minimum absolute atomic E-state index is 0.536. The molecule has 2 aliphatic rings. The van der Waals surface area contributed by atoms with Crippen LogP contribution in [0.1, 0.15) is 18.4 Å². The van der Waals surface area contributed by atoms with Crippen LogP contribution in [0.5, 0.6) is 5.75 Å². The molecule has 1 saturated carbocycles. The van der Waals surface area contributed by atoms with Crippen molar-refractivity contribution in [3.8, 4) is 5.75 Å². The summed E-state index contributed by atoms with van der Waals surface area (Å²) >= 11 is 1.62. The fourth-order valence-electron chi connectivity index (χ4n) is 1.66. The number of amidine groups is 1. The van der Waals surface area contributed by atoms with Crippen LogP contribution in [-0.4, -0.2) is 18.3 Å². The average Bonchev–Trinajstić information content (AvgIpc) is 3.24. The topological polar surface area (TPSA) is 45.6 Å². The summed E-state index contributed by atoms with van der Waals surface area (Å²) in [5, 5.41) is 3.02. The first-order chi connectivity index (χ1) is 8.85. The Morgan fingerprint density at radius 1 is 1.33 bits per heavy atom. The van der Waals surface area contributed by atoms with E-state index in [0.29, 0.717) is 6.04 Å². The van der Waals surface area contributed by atoms with E-state index >= 15 is 0 Å². The molecule has 1 aromatic carbocycles. The molecule has 18 heavy (non-hydrogen) atoms. The van der Waals surface area contributed by atoms with Crippen molar-refractivity contribution in [3.63, 3.8) is 0 Å². The van der Waals surface area contributed by atoms with E-state index in [-0.39, 0.29) is 0 Å². The SMILES string of the molecule is COc1cccc(C2=CSC(=NC3CC3)NN2)c1. The second-order valence-electron chi connectivity index (χ2n) is 4.30. The van der Waals surface area contributed by atoms with Crippen LogP contribution in [0.25, 0.3) is 5.70 Å². The van der Waals surface area contributed by atoms with Crippen molar-refractivity contribution in [1.29, 1.82) is 0 Å². The van der Waals surface area contributed by atoms with E-state index in [1.54, 1.807) is 18.9 Å². The summed E-state index contributed by atoms with van der Waals surface area (Å²) < 4.78 is 5.22. The van der Waals surface area contributed by atoms with E-state index in [4.69, 9.17) is 4.74 Å².